The lowest BCUT2D eigenvalue weighted by Crippen LogP contribution is -2.18. The van der Waals surface area contributed by atoms with Crippen molar-refractivity contribution in [3.63, 3.8) is 0 Å². The van der Waals surface area contributed by atoms with Crippen LogP contribution in [-0.2, 0) is 0 Å². The van der Waals surface area contributed by atoms with Crippen molar-refractivity contribution in [2.75, 3.05) is 24.1 Å². The van der Waals surface area contributed by atoms with Crippen LogP contribution in [0.25, 0.3) is 0 Å². The second-order valence-electron chi connectivity index (χ2n) is 5.66. The monoisotopic (exact) mass is 348 g/mol. The van der Waals surface area contributed by atoms with Crippen LogP contribution in [0.4, 0.5) is 17.3 Å². The molecule has 0 spiro atoms. The molecule has 0 bridgehead atoms. The molecule has 1 N–H and O–H groups in total. The van der Waals surface area contributed by atoms with E-state index in [1.165, 1.54) is 0 Å². The predicted octanol–water partition coefficient (Wildman–Crippen LogP) is 3.23. The van der Waals surface area contributed by atoms with E-state index in [4.69, 9.17) is 9.47 Å². The highest BCUT2D eigenvalue weighted by molar-refractivity contribution is 6.03. The minimum Gasteiger partial charge on any atom is -0.454 e. The number of hydrogen-bond acceptors (Lipinski definition) is 6. The first-order chi connectivity index (χ1) is 12.7. The molecule has 1 amide bonds. The Morgan fingerprint density at radius 1 is 1.08 bits per heavy atom. The number of fused-ring (bicyclic) bond motifs is 1. The van der Waals surface area contributed by atoms with Gasteiger partial charge in [-0.3, -0.25) is 4.79 Å². The fourth-order valence-corrected chi connectivity index (χ4v) is 2.57. The van der Waals surface area contributed by atoms with Crippen molar-refractivity contribution in [1.29, 1.82) is 0 Å². The van der Waals surface area contributed by atoms with E-state index < -0.39 is 0 Å². The van der Waals surface area contributed by atoms with E-state index in [0.29, 0.717) is 23.1 Å². The average Bonchev–Trinajstić information content (AvgIpc) is 3.16. The lowest BCUT2D eigenvalue weighted by atomic mass is 10.2. The Kier molecular flexibility index (Phi) is 4.10. The highest BCUT2D eigenvalue weighted by atomic mass is 16.7. The maximum atomic E-state index is 12.5. The summed E-state index contributed by atoms with van der Waals surface area (Å²) in [4.78, 5) is 23.0. The molecule has 2 heterocycles. The Balaban J connectivity index is 1.53. The molecule has 0 aliphatic carbocycles. The van der Waals surface area contributed by atoms with Crippen molar-refractivity contribution >= 4 is 23.2 Å². The number of carbonyl (C=O) groups excluding carboxylic acids is 1. The number of anilines is 3. The van der Waals surface area contributed by atoms with Crippen LogP contribution in [0.15, 0.2) is 60.8 Å². The molecule has 1 aliphatic heterocycles. The van der Waals surface area contributed by atoms with E-state index in [0.717, 1.165) is 5.69 Å². The molecule has 0 atom stereocenters. The van der Waals surface area contributed by atoms with Gasteiger partial charge < -0.3 is 19.7 Å². The maximum Gasteiger partial charge on any atom is 0.274 e. The Morgan fingerprint density at radius 3 is 2.73 bits per heavy atom. The van der Waals surface area contributed by atoms with Crippen molar-refractivity contribution in [3.05, 3.63) is 66.5 Å². The Labute approximate surface area is 150 Å². The van der Waals surface area contributed by atoms with Gasteiger partial charge in [0.2, 0.25) is 12.7 Å². The van der Waals surface area contributed by atoms with Gasteiger partial charge in [0.1, 0.15) is 5.69 Å². The summed E-state index contributed by atoms with van der Waals surface area (Å²) in [6.07, 6.45) is 1.57. The molecule has 0 saturated heterocycles. The van der Waals surface area contributed by atoms with Gasteiger partial charge in [0.25, 0.3) is 5.91 Å². The van der Waals surface area contributed by atoms with Crippen LogP contribution in [-0.4, -0.2) is 29.7 Å². The summed E-state index contributed by atoms with van der Waals surface area (Å²) in [6.45, 7) is 0.188. The molecule has 3 aromatic rings. The first-order valence-electron chi connectivity index (χ1n) is 8.03. The van der Waals surface area contributed by atoms with Crippen LogP contribution in [0.5, 0.6) is 11.5 Å². The van der Waals surface area contributed by atoms with Gasteiger partial charge in [-0.15, -0.1) is 0 Å². The predicted molar refractivity (Wildman–Crippen MR) is 97.1 cm³/mol. The average molecular weight is 348 g/mol. The molecule has 7 nitrogen and oxygen atoms in total. The molecule has 1 aliphatic rings. The van der Waals surface area contributed by atoms with Gasteiger partial charge in [0, 0.05) is 30.7 Å². The van der Waals surface area contributed by atoms with E-state index in [1.54, 1.807) is 30.5 Å². The highest BCUT2D eigenvalue weighted by Crippen LogP contribution is 2.34. The number of benzene rings is 2. The first kappa shape index (κ1) is 15.9. The summed E-state index contributed by atoms with van der Waals surface area (Å²) < 4.78 is 10.6. The molecule has 2 aromatic carbocycles. The number of nitrogens with zero attached hydrogens (tertiary/aromatic N) is 3. The third kappa shape index (κ3) is 3.14. The van der Waals surface area contributed by atoms with Crippen LogP contribution in [0.2, 0.25) is 0 Å². The number of carbonyl (C=O) groups is 1. The van der Waals surface area contributed by atoms with E-state index in [1.807, 2.05) is 42.3 Å². The third-order valence-electron chi connectivity index (χ3n) is 3.95. The number of hydrogen-bond donors (Lipinski definition) is 1. The lowest BCUT2D eigenvalue weighted by Gasteiger charge is -2.17. The molecule has 0 unspecified atom stereocenters. The van der Waals surface area contributed by atoms with Crippen LogP contribution >= 0.6 is 0 Å². The third-order valence-corrected chi connectivity index (χ3v) is 3.95. The summed E-state index contributed by atoms with van der Waals surface area (Å²) in [7, 11) is 1.85. The first-order valence-corrected chi connectivity index (χ1v) is 8.03. The lowest BCUT2D eigenvalue weighted by molar-refractivity contribution is 0.102. The van der Waals surface area contributed by atoms with Gasteiger partial charge in [0.15, 0.2) is 11.5 Å². The zero-order valence-corrected chi connectivity index (χ0v) is 14.0. The van der Waals surface area contributed by atoms with Crippen LogP contribution < -0.4 is 19.7 Å². The molecular weight excluding hydrogens is 332 g/mol. The Bertz CT molecular complexity index is 947. The molecule has 7 heteroatoms. The number of rotatable bonds is 4. The SMILES string of the molecule is CN(c1ccccc1)c1nccc(C(=O)Nc2ccc3c(c2)OCO3)n1. The number of ether oxygens (including phenoxy) is 2. The summed E-state index contributed by atoms with van der Waals surface area (Å²) >= 11 is 0. The van der Waals surface area contributed by atoms with Crippen LogP contribution in [0.3, 0.4) is 0 Å². The molecule has 0 saturated carbocycles. The minimum atomic E-state index is -0.325. The smallest absolute Gasteiger partial charge is 0.274 e. The van der Waals surface area contributed by atoms with Gasteiger partial charge in [-0.05, 0) is 30.3 Å². The van der Waals surface area contributed by atoms with Crippen molar-refractivity contribution in [1.82, 2.24) is 9.97 Å². The highest BCUT2D eigenvalue weighted by Gasteiger charge is 2.16. The second-order valence-corrected chi connectivity index (χ2v) is 5.66. The van der Waals surface area contributed by atoms with E-state index >= 15 is 0 Å². The van der Waals surface area contributed by atoms with Crippen molar-refractivity contribution in [3.8, 4) is 11.5 Å². The molecule has 130 valence electrons. The standard InChI is InChI=1S/C19H16N4O3/c1-23(14-5-3-2-4-6-14)19-20-10-9-15(22-19)18(24)21-13-7-8-16-17(11-13)26-12-25-16/h2-11H,12H2,1H3,(H,21,24). The van der Waals surface area contributed by atoms with Crippen LogP contribution in [0, 0.1) is 0 Å². The van der Waals surface area contributed by atoms with Crippen LogP contribution in [0.1, 0.15) is 10.5 Å². The fraction of sp³-hybridized carbons (Fsp3) is 0.105. The van der Waals surface area contributed by atoms with Gasteiger partial charge in [-0.2, -0.15) is 0 Å². The normalized spacial score (nSPS) is 11.9. The van der Waals surface area contributed by atoms with Crippen molar-refractivity contribution in [2.24, 2.45) is 0 Å². The Hall–Kier alpha value is -3.61. The molecule has 26 heavy (non-hydrogen) atoms. The van der Waals surface area contributed by atoms with Gasteiger partial charge in [0.05, 0.1) is 0 Å². The van der Waals surface area contributed by atoms with Crippen molar-refractivity contribution < 1.29 is 14.3 Å². The summed E-state index contributed by atoms with van der Waals surface area (Å²) in [5.41, 5.74) is 1.81. The number of nitrogens with one attached hydrogen (secondary N) is 1. The molecule has 1 aromatic heterocycles. The molecule has 0 radical (unpaired) electrons. The van der Waals surface area contributed by atoms with Gasteiger partial charge >= 0.3 is 0 Å². The maximum absolute atomic E-state index is 12.5. The summed E-state index contributed by atoms with van der Waals surface area (Å²) in [5, 5.41) is 2.81. The van der Waals surface area contributed by atoms with E-state index in [-0.39, 0.29) is 18.4 Å². The zero-order chi connectivity index (χ0) is 17.9. The molecular formula is C19H16N4O3. The number of aromatic nitrogens is 2. The van der Waals surface area contributed by atoms with E-state index in [9.17, 15) is 4.79 Å². The van der Waals surface area contributed by atoms with Gasteiger partial charge in [-0.1, -0.05) is 18.2 Å². The second kappa shape index (κ2) is 6.72. The zero-order valence-electron chi connectivity index (χ0n) is 14.0. The number of para-hydroxylation sites is 1. The van der Waals surface area contributed by atoms with Gasteiger partial charge in [-0.25, -0.2) is 9.97 Å². The summed E-state index contributed by atoms with van der Waals surface area (Å²) in [5.74, 6) is 1.38. The number of amides is 1. The Morgan fingerprint density at radius 2 is 1.88 bits per heavy atom. The minimum absolute atomic E-state index is 0.188. The fourth-order valence-electron chi connectivity index (χ4n) is 2.57. The molecule has 4 rings (SSSR count). The summed E-state index contributed by atoms with van der Waals surface area (Å²) in [6, 6.07) is 16.5. The quantitative estimate of drug-likeness (QED) is 0.780. The topological polar surface area (TPSA) is 76.6 Å². The van der Waals surface area contributed by atoms with E-state index in [2.05, 4.69) is 15.3 Å². The van der Waals surface area contributed by atoms with Crippen molar-refractivity contribution in [2.45, 2.75) is 0 Å². The molecule has 0 fully saturated rings. The largest absolute Gasteiger partial charge is 0.454 e.